The Kier molecular flexibility index (Phi) is 4.62. The Bertz CT molecular complexity index is 480. The van der Waals surface area contributed by atoms with Gasteiger partial charge in [-0.05, 0) is 19.8 Å². The molecule has 2 rings (SSSR count). The first kappa shape index (κ1) is 14.4. The van der Waals surface area contributed by atoms with Crippen molar-refractivity contribution in [3.05, 3.63) is 34.7 Å². The van der Waals surface area contributed by atoms with E-state index in [0.29, 0.717) is 12.0 Å². The molecule has 0 aromatic carbocycles. The number of nitrogens with one attached hydrogen (secondary N) is 1. The van der Waals surface area contributed by atoms with E-state index >= 15 is 0 Å². The molecule has 108 valence electrons. The number of rotatable bonds is 5. The molecule has 0 spiro atoms. The highest BCUT2D eigenvalue weighted by atomic mass is 16.6. The summed E-state index contributed by atoms with van der Waals surface area (Å²) in [6.07, 6.45) is 4.47. The van der Waals surface area contributed by atoms with Crippen molar-refractivity contribution in [1.82, 2.24) is 14.9 Å². The van der Waals surface area contributed by atoms with Crippen LogP contribution in [0.5, 0.6) is 0 Å². The highest BCUT2D eigenvalue weighted by molar-refractivity contribution is 5.31. The second-order valence-corrected chi connectivity index (χ2v) is 5.17. The van der Waals surface area contributed by atoms with Crippen LogP contribution >= 0.6 is 0 Å². The van der Waals surface area contributed by atoms with Crippen molar-refractivity contribution in [3.63, 3.8) is 0 Å². The first-order valence-corrected chi connectivity index (χ1v) is 6.64. The molecule has 20 heavy (non-hydrogen) atoms. The van der Waals surface area contributed by atoms with Crippen LogP contribution in [0.2, 0.25) is 0 Å². The largest absolute Gasteiger partial charge is 0.351 e. The SMILES string of the molecule is C=C(C)CN1CCC(Nc2ncc([N+](=O)[O-])cn2)CC1. The molecule has 0 bridgehead atoms. The van der Waals surface area contributed by atoms with E-state index in [1.54, 1.807) is 0 Å². The van der Waals surface area contributed by atoms with E-state index in [1.165, 1.54) is 18.0 Å². The quantitative estimate of drug-likeness (QED) is 0.502. The Balaban J connectivity index is 1.83. The molecule has 1 aliphatic rings. The predicted octanol–water partition coefficient (Wildman–Crippen LogP) is 1.84. The Labute approximate surface area is 117 Å². The van der Waals surface area contributed by atoms with Crippen molar-refractivity contribution in [2.45, 2.75) is 25.8 Å². The van der Waals surface area contributed by atoms with Gasteiger partial charge in [0.1, 0.15) is 12.4 Å². The van der Waals surface area contributed by atoms with Crippen molar-refractivity contribution in [2.24, 2.45) is 0 Å². The summed E-state index contributed by atoms with van der Waals surface area (Å²) in [4.78, 5) is 20.3. The molecule has 0 amide bonds. The van der Waals surface area contributed by atoms with Gasteiger partial charge >= 0.3 is 5.69 Å². The maximum atomic E-state index is 10.5. The van der Waals surface area contributed by atoms with Crippen LogP contribution in [-0.4, -0.2) is 45.5 Å². The first-order chi connectivity index (χ1) is 9.54. The normalized spacial score (nSPS) is 16.9. The van der Waals surface area contributed by atoms with Gasteiger partial charge in [0.2, 0.25) is 5.95 Å². The summed E-state index contributed by atoms with van der Waals surface area (Å²) in [5.74, 6) is 0.453. The lowest BCUT2D eigenvalue weighted by Gasteiger charge is -2.32. The van der Waals surface area contributed by atoms with Gasteiger partial charge in [0.05, 0.1) is 4.92 Å². The van der Waals surface area contributed by atoms with Gasteiger partial charge in [-0.15, -0.1) is 0 Å². The Morgan fingerprint density at radius 2 is 2.10 bits per heavy atom. The van der Waals surface area contributed by atoms with Crippen molar-refractivity contribution < 1.29 is 4.92 Å². The highest BCUT2D eigenvalue weighted by Crippen LogP contribution is 2.16. The molecule has 2 heterocycles. The fourth-order valence-electron chi connectivity index (χ4n) is 2.29. The van der Waals surface area contributed by atoms with Crippen LogP contribution in [0, 0.1) is 10.1 Å². The number of aromatic nitrogens is 2. The average molecular weight is 277 g/mol. The lowest BCUT2D eigenvalue weighted by atomic mass is 10.0. The van der Waals surface area contributed by atoms with E-state index < -0.39 is 4.92 Å². The smallest absolute Gasteiger partial charge is 0.305 e. The van der Waals surface area contributed by atoms with Gasteiger partial charge < -0.3 is 5.32 Å². The van der Waals surface area contributed by atoms with E-state index in [-0.39, 0.29) is 5.69 Å². The van der Waals surface area contributed by atoms with E-state index in [9.17, 15) is 10.1 Å². The zero-order valence-corrected chi connectivity index (χ0v) is 11.6. The third-order valence-corrected chi connectivity index (χ3v) is 3.26. The maximum Gasteiger partial charge on any atom is 0.305 e. The van der Waals surface area contributed by atoms with Gasteiger partial charge in [-0.25, -0.2) is 9.97 Å². The van der Waals surface area contributed by atoms with E-state index in [0.717, 1.165) is 32.5 Å². The maximum absolute atomic E-state index is 10.5. The lowest BCUT2D eigenvalue weighted by Crippen LogP contribution is -2.39. The number of anilines is 1. The van der Waals surface area contributed by atoms with E-state index in [2.05, 4.69) is 26.8 Å². The van der Waals surface area contributed by atoms with Crippen LogP contribution in [0.3, 0.4) is 0 Å². The van der Waals surface area contributed by atoms with Crippen LogP contribution in [0.15, 0.2) is 24.5 Å². The van der Waals surface area contributed by atoms with Crippen LogP contribution in [0.25, 0.3) is 0 Å². The molecular weight excluding hydrogens is 258 g/mol. The number of piperidine rings is 1. The van der Waals surface area contributed by atoms with Gasteiger partial charge in [-0.2, -0.15) is 0 Å². The fourth-order valence-corrected chi connectivity index (χ4v) is 2.29. The van der Waals surface area contributed by atoms with Crippen molar-refractivity contribution in [2.75, 3.05) is 25.0 Å². The van der Waals surface area contributed by atoms with E-state index in [4.69, 9.17) is 0 Å². The summed E-state index contributed by atoms with van der Waals surface area (Å²) in [5.41, 5.74) is 1.09. The highest BCUT2D eigenvalue weighted by Gasteiger charge is 2.19. The van der Waals surface area contributed by atoms with Crippen molar-refractivity contribution >= 4 is 11.6 Å². The molecule has 0 unspecified atom stereocenters. The molecule has 1 saturated heterocycles. The Morgan fingerprint density at radius 1 is 1.50 bits per heavy atom. The van der Waals surface area contributed by atoms with Crippen LogP contribution in [0.1, 0.15) is 19.8 Å². The average Bonchev–Trinajstić information content (AvgIpc) is 2.41. The molecular formula is C13H19N5O2. The molecule has 0 saturated carbocycles. The summed E-state index contributed by atoms with van der Waals surface area (Å²) < 4.78 is 0. The monoisotopic (exact) mass is 277 g/mol. The number of likely N-dealkylation sites (tertiary alicyclic amines) is 1. The molecule has 1 N–H and O–H groups in total. The molecule has 0 atom stereocenters. The van der Waals surface area contributed by atoms with Gasteiger partial charge in [-0.3, -0.25) is 15.0 Å². The third-order valence-electron chi connectivity index (χ3n) is 3.26. The third kappa shape index (κ3) is 3.99. The minimum Gasteiger partial charge on any atom is -0.351 e. The summed E-state index contributed by atoms with van der Waals surface area (Å²) >= 11 is 0. The Hall–Kier alpha value is -2.02. The minimum absolute atomic E-state index is 0.0909. The second-order valence-electron chi connectivity index (χ2n) is 5.17. The Morgan fingerprint density at radius 3 is 2.60 bits per heavy atom. The molecule has 0 radical (unpaired) electrons. The number of hydrogen-bond acceptors (Lipinski definition) is 6. The topological polar surface area (TPSA) is 84.2 Å². The van der Waals surface area contributed by atoms with Gasteiger partial charge in [0, 0.05) is 25.7 Å². The van der Waals surface area contributed by atoms with Crippen LogP contribution < -0.4 is 5.32 Å². The summed E-state index contributed by atoms with van der Waals surface area (Å²) in [6, 6.07) is 0.317. The molecule has 1 aliphatic heterocycles. The summed E-state index contributed by atoms with van der Waals surface area (Å²) in [7, 11) is 0. The molecule has 7 heteroatoms. The van der Waals surface area contributed by atoms with Gasteiger partial charge in [0.15, 0.2) is 0 Å². The van der Waals surface area contributed by atoms with Crippen molar-refractivity contribution in [3.8, 4) is 0 Å². The zero-order valence-electron chi connectivity index (χ0n) is 11.6. The number of nitrogens with zero attached hydrogens (tertiary/aromatic N) is 4. The number of nitro groups is 1. The predicted molar refractivity (Wildman–Crippen MR) is 76.6 cm³/mol. The molecule has 1 fully saturated rings. The molecule has 0 aliphatic carbocycles. The van der Waals surface area contributed by atoms with Gasteiger partial charge in [0.25, 0.3) is 0 Å². The van der Waals surface area contributed by atoms with E-state index in [1.807, 2.05) is 6.92 Å². The summed E-state index contributed by atoms with van der Waals surface area (Å²) in [5, 5.41) is 13.7. The molecule has 7 nitrogen and oxygen atoms in total. The fraction of sp³-hybridized carbons (Fsp3) is 0.538. The van der Waals surface area contributed by atoms with Gasteiger partial charge in [-0.1, -0.05) is 12.2 Å². The van der Waals surface area contributed by atoms with Crippen LogP contribution in [-0.2, 0) is 0 Å². The summed E-state index contributed by atoms with van der Waals surface area (Å²) in [6.45, 7) is 8.93. The number of hydrogen-bond donors (Lipinski definition) is 1. The second kappa shape index (κ2) is 6.42. The zero-order chi connectivity index (χ0) is 14.5. The minimum atomic E-state index is -0.500. The van der Waals surface area contributed by atoms with Crippen LogP contribution in [0.4, 0.5) is 11.6 Å². The molecule has 1 aromatic heterocycles. The standard InChI is InChI=1S/C13H19N5O2/c1-10(2)9-17-5-3-11(4-6-17)16-13-14-7-12(8-15-13)18(19)20/h7-8,11H,1,3-6,9H2,2H3,(H,14,15,16). The first-order valence-electron chi connectivity index (χ1n) is 6.64. The van der Waals surface area contributed by atoms with Crippen molar-refractivity contribution in [1.29, 1.82) is 0 Å². The lowest BCUT2D eigenvalue weighted by molar-refractivity contribution is -0.385. The molecule has 1 aromatic rings.